The van der Waals surface area contributed by atoms with Crippen molar-refractivity contribution in [1.29, 1.82) is 0 Å². The summed E-state index contributed by atoms with van der Waals surface area (Å²) >= 11 is 0. The molecule has 0 unspecified atom stereocenters. The number of hydrogen-bond donors (Lipinski definition) is 2. The molecule has 1 atom stereocenters. The summed E-state index contributed by atoms with van der Waals surface area (Å²) in [5.74, 6) is 0.118. The van der Waals surface area contributed by atoms with Crippen molar-refractivity contribution < 1.29 is 14.0 Å². The van der Waals surface area contributed by atoms with Crippen LogP contribution in [0, 0.1) is 0 Å². The van der Waals surface area contributed by atoms with Crippen LogP contribution in [0.25, 0.3) is 0 Å². The summed E-state index contributed by atoms with van der Waals surface area (Å²) in [5.41, 5.74) is 0. The van der Waals surface area contributed by atoms with E-state index >= 15 is 0 Å². The molecule has 0 aliphatic carbocycles. The highest BCUT2D eigenvalue weighted by atomic mass is 16.4. The van der Waals surface area contributed by atoms with Crippen LogP contribution in [0.2, 0.25) is 0 Å². The molecule has 2 N–H and O–H groups in total. The topological polar surface area (TPSA) is 87.5 Å². The fourth-order valence-electron chi connectivity index (χ4n) is 1.93. The first kappa shape index (κ1) is 12.4. The molecule has 1 aliphatic heterocycles. The lowest BCUT2D eigenvalue weighted by Gasteiger charge is -2.16. The van der Waals surface area contributed by atoms with Gasteiger partial charge in [-0.25, -0.2) is 9.78 Å². The van der Waals surface area contributed by atoms with Crippen LogP contribution in [0.5, 0.6) is 0 Å². The van der Waals surface area contributed by atoms with Gasteiger partial charge in [-0.15, -0.1) is 0 Å². The van der Waals surface area contributed by atoms with Crippen molar-refractivity contribution in [2.75, 3.05) is 18.4 Å². The fraction of sp³-hybridized carbons (Fsp3) is 0.545. The summed E-state index contributed by atoms with van der Waals surface area (Å²) < 4.78 is 4.90. The average Bonchev–Trinajstić information content (AvgIpc) is 2.99. The Bertz CT molecular complexity index is 418. The second-order valence-electron chi connectivity index (χ2n) is 4.11. The van der Waals surface area contributed by atoms with Gasteiger partial charge in [-0.2, -0.15) is 0 Å². The van der Waals surface area contributed by atoms with Crippen LogP contribution in [0.15, 0.2) is 16.9 Å². The van der Waals surface area contributed by atoms with E-state index in [1.54, 1.807) is 4.90 Å². The molecule has 2 heterocycles. The number of hydrogen-bond acceptors (Lipinski definition) is 4. The normalized spacial score (nSPS) is 18.7. The van der Waals surface area contributed by atoms with Crippen molar-refractivity contribution in [1.82, 2.24) is 15.2 Å². The minimum Gasteiger partial charge on any atom is -0.432 e. The summed E-state index contributed by atoms with van der Waals surface area (Å²) in [6.45, 7) is 3.08. The largest absolute Gasteiger partial charge is 0.432 e. The maximum absolute atomic E-state index is 11.6. The molecule has 0 radical (unpaired) electrons. The Morgan fingerprint density at radius 3 is 3.11 bits per heavy atom. The Labute approximate surface area is 105 Å². The number of urea groups is 1. The maximum Gasteiger partial charge on any atom is 0.323 e. The number of amides is 3. The van der Waals surface area contributed by atoms with Crippen molar-refractivity contribution >= 4 is 18.0 Å². The molecule has 1 aromatic rings. The minimum atomic E-state index is -0.367. The number of anilines is 1. The molecule has 1 fully saturated rings. The number of nitrogens with one attached hydrogen (secondary N) is 2. The van der Waals surface area contributed by atoms with Crippen LogP contribution in [0.3, 0.4) is 0 Å². The predicted octanol–water partition coefficient (Wildman–Crippen LogP) is 0.807. The van der Waals surface area contributed by atoms with Gasteiger partial charge in [0.05, 0.1) is 6.20 Å². The van der Waals surface area contributed by atoms with Crippen LogP contribution in [0.4, 0.5) is 10.8 Å². The van der Waals surface area contributed by atoms with Crippen LogP contribution in [-0.2, 0) is 4.79 Å². The monoisotopic (exact) mass is 252 g/mol. The van der Waals surface area contributed by atoms with Gasteiger partial charge >= 0.3 is 12.0 Å². The number of carbonyl (C=O) groups excluding carboxylic acids is 2. The number of aromatic nitrogens is 1. The smallest absolute Gasteiger partial charge is 0.323 e. The van der Waals surface area contributed by atoms with Gasteiger partial charge in [0.1, 0.15) is 6.26 Å². The van der Waals surface area contributed by atoms with Gasteiger partial charge in [-0.05, 0) is 6.42 Å². The molecule has 1 aromatic heterocycles. The SMILES string of the molecule is CCC(=O)N1CC[C@H](NC(=O)Nc2ncco2)C1. The van der Waals surface area contributed by atoms with Crippen LogP contribution in [-0.4, -0.2) is 41.0 Å². The molecule has 7 heteroatoms. The van der Waals surface area contributed by atoms with Crippen molar-refractivity contribution in [3.63, 3.8) is 0 Å². The second kappa shape index (κ2) is 5.52. The van der Waals surface area contributed by atoms with Gasteiger partial charge in [0.25, 0.3) is 0 Å². The first-order chi connectivity index (χ1) is 8.69. The van der Waals surface area contributed by atoms with E-state index in [4.69, 9.17) is 4.42 Å². The van der Waals surface area contributed by atoms with Gasteiger partial charge in [-0.3, -0.25) is 10.1 Å². The quantitative estimate of drug-likeness (QED) is 0.833. The van der Waals surface area contributed by atoms with E-state index in [2.05, 4.69) is 15.6 Å². The number of carbonyl (C=O) groups is 2. The molecule has 0 bridgehead atoms. The molecule has 2 rings (SSSR count). The summed E-state index contributed by atoms with van der Waals surface area (Å²) in [4.78, 5) is 28.6. The van der Waals surface area contributed by atoms with Crippen molar-refractivity contribution in [3.8, 4) is 0 Å². The molecule has 0 spiro atoms. The Kier molecular flexibility index (Phi) is 3.81. The Morgan fingerprint density at radius 2 is 2.44 bits per heavy atom. The lowest BCUT2D eigenvalue weighted by atomic mass is 10.3. The van der Waals surface area contributed by atoms with E-state index < -0.39 is 0 Å². The molecule has 0 aromatic carbocycles. The highest BCUT2D eigenvalue weighted by Crippen LogP contribution is 2.10. The molecule has 1 saturated heterocycles. The van der Waals surface area contributed by atoms with Gasteiger partial charge in [-0.1, -0.05) is 6.92 Å². The lowest BCUT2D eigenvalue weighted by Crippen LogP contribution is -2.40. The average molecular weight is 252 g/mol. The summed E-state index contributed by atoms with van der Waals surface area (Å²) in [5, 5.41) is 5.26. The van der Waals surface area contributed by atoms with E-state index in [1.165, 1.54) is 12.5 Å². The standard InChI is InChI=1S/C11H16N4O3/c1-2-9(16)15-5-3-8(7-15)13-10(17)14-11-12-4-6-18-11/h4,6,8H,2-3,5,7H2,1H3,(H2,12,13,14,17)/t8-/m0/s1. The molecule has 98 valence electrons. The molecule has 0 saturated carbocycles. The fourth-order valence-corrected chi connectivity index (χ4v) is 1.93. The molecule has 7 nitrogen and oxygen atoms in total. The van der Waals surface area contributed by atoms with E-state index in [0.29, 0.717) is 19.5 Å². The first-order valence-electron chi connectivity index (χ1n) is 5.94. The number of likely N-dealkylation sites (tertiary alicyclic amines) is 1. The van der Waals surface area contributed by atoms with E-state index in [-0.39, 0.29) is 24.0 Å². The minimum absolute atomic E-state index is 0.0181. The zero-order valence-electron chi connectivity index (χ0n) is 10.2. The zero-order chi connectivity index (χ0) is 13.0. The highest BCUT2D eigenvalue weighted by Gasteiger charge is 2.26. The Hall–Kier alpha value is -2.05. The predicted molar refractivity (Wildman–Crippen MR) is 63.9 cm³/mol. The third kappa shape index (κ3) is 2.99. The zero-order valence-corrected chi connectivity index (χ0v) is 10.2. The number of oxazole rings is 1. The van der Waals surface area contributed by atoms with Crippen LogP contribution < -0.4 is 10.6 Å². The summed E-state index contributed by atoms with van der Waals surface area (Å²) in [6, 6.07) is -0.226. The third-order valence-electron chi connectivity index (χ3n) is 2.83. The van der Waals surface area contributed by atoms with Gasteiger partial charge < -0.3 is 14.6 Å². The highest BCUT2D eigenvalue weighted by molar-refractivity contribution is 5.87. The maximum atomic E-state index is 11.6. The van der Waals surface area contributed by atoms with E-state index in [0.717, 1.165) is 6.42 Å². The molecule has 3 amide bonds. The van der Waals surface area contributed by atoms with Gasteiger partial charge in [0.2, 0.25) is 5.91 Å². The summed E-state index contributed by atoms with van der Waals surface area (Å²) in [6.07, 6.45) is 4.10. The van der Waals surface area contributed by atoms with E-state index in [1.807, 2.05) is 6.92 Å². The van der Waals surface area contributed by atoms with Crippen molar-refractivity contribution in [3.05, 3.63) is 12.5 Å². The second-order valence-corrected chi connectivity index (χ2v) is 4.11. The Balaban J connectivity index is 1.77. The number of nitrogens with zero attached hydrogens (tertiary/aromatic N) is 2. The van der Waals surface area contributed by atoms with Gasteiger partial charge in [0, 0.05) is 25.6 Å². The molecular formula is C11H16N4O3. The third-order valence-corrected chi connectivity index (χ3v) is 2.83. The molecular weight excluding hydrogens is 236 g/mol. The van der Waals surface area contributed by atoms with Crippen molar-refractivity contribution in [2.24, 2.45) is 0 Å². The first-order valence-corrected chi connectivity index (χ1v) is 5.94. The summed E-state index contributed by atoms with van der Waals surface area (Å²) in [7, 11) is 0. The lowest BCUT2D eigenvalue weighted by molar-refractivity contribution is -0.129. The number of rotatable bonds is 3. The van der Waals surface area contributed by atoms with Crippen molar-refractivity contribution in [2.45, 2.75) is 25.8 Å². The van der Waals surface area contributed by atoms with Gasteiger partial charge in [0.15, 0.2) is 0 Å². The molecule has 1 aliphatic rings. The van der Waals surface area contributed by atoms with Crippen LogP contribution in [0.1, 0.15) is 19.8 Å². The van der Waals surface area contributed by atoms with E-state index in [9.17, 15) is 9.59 Å². The Morgan fingerprint density at radius 1 is 1.61 bits per heavy atom. The van der Waals surface area contributed by atoms with Crippen LogP contribution >= 0.6 is 0 Å². The molecule has 18 heavy (non-hydrogen) atoms.